The fourth-order valence-corrected chi connectivity index (χ4v) is 3.02. The molecule has 3 nitrogen and oxygen atoms in total. The second-order valence-corrected chi connectivity index (χ2v) is 5.79. The van der Waals surface area contributed by atoms with E-state index in [1.807, 2.05) is 6.20 Å². The number of pyridine rings is 1. The predicted molar refractivity (Wildman–Crippen MR) is 89.0 cm³/mol. The number of aromatic nitrogens is 1. The number of ether oxygens (including phenoxy) is 1. The van der Waals surface area contributed by atoms with Crippen LogP contribution in [0.2, 0.25) is 0 Å². The van der Waals surface area contributed by atoms with Crippen molar-refractivity contribution in [2.45, 2.75) is 6.54 Å². The van der Waals surface area contributed by atoms with Crippen molar-refractivity contribution in [2.75, 3.05) is 20.2 Å². The van der Waals surface area contributed by atoms with Gasteiger partial charge in [-0.25, -0.2) is 0 Å². The minimum Gasteiger partial charge on any atom is -0.492 e. The third kappa shape index (κ3) is 2.34. The Hall–Kier alpha value is -2.39. The van der Waals surface area contributed by atoms with Crippen molar-refractivity contribution in [3.8, 4) is 17.0 Å². The van der Waals surface area contributed by atoms with Gasteiger partial charge in [0.15, 0.2) is 0 Å². The molecule has 0 radical (unpaired) electrons. The van der Waals surface area contributed by atoms with Gasteiger partial charge in [-0.1, -0.05) is 24.3 Å². The number of rotatable bonds is 1. The second-order valence-electron chi connectivity index (χ2n) is 5.79. The molecule has 1 aliphatic rings. The molecule has 0 saturated heterocycles. The van der Waals surface area contributed by atoms with E-state index in [0.29, 0.717) is 0 Å². The molecule has 4 rings (SSSR count). The normalized spacial score (nSPS) is 15.1. The lowest BCUT2D eigenvalue weighted by Crippen LogP contribution is -2.20. The molecule has 0 spiro atoms. The number of hydrogen-bond acceptors (Lipinski definition) is 3. The maximum atomic E-state index is 5.84. The van der Waals surface area contributed by atoms with Gasteiger partial charge < -0.3 is 4.74 Å². The Balaban J connectivity index is 1.86. The van der Waals surface area contributed by atoms with Crippen LogP contribution >= 0.6 is 0 Å². The van der Waals surface area contributed by atoms with Crippen LogP contribution in [0.5, 0.6) is 5.75 Å². The number of likely N-dealkylation sites (N-methyl/N-ethyl adjacent to an activating group) is 1. The van der Waals surface area contributed by atoms with Crippen LogP contribution in [-0.2, 0) is 6.54 Å². The lowest BCUT2D eigenvalue weighted by atomic mass is 10.0. The molecule has 2 heterocycles. The Labute approximate surface area is 130 Å². The van der Waals surface area contributed by atoms with Crippen molar-refractivity contribution in [2.24, 2.45) is 0 Å². The van der Waals surface area contributed by atoms with Crippen molar-refractivity contribution in [1.82, 2.24) is 9.88 Å². The van der Waals surface area contributed by atoms with Crippen molar-refractivity contribution in [3.63, 3.8) is 0 Å². The Kier molecular flexibility index (Phi) is 3.28. The van der Waals surface area contributed by atoms with Crippen LogP contribution < -0.4 is 4.74 Å². The molecule has 1 aliphatic heterocycles. The fraction of sp³-hybridized carbons (Fsp3) is 0.211. The maximum absolute atomic E-state index is 5.84. The van der Waals surface area contributed by atoms with Crippen molar-refractivity contribution < 1.29 is 4.74 Å². The van der Waals surface area contributed by atoms with Gasteiger partial charge in [-0.2, -0.15) is 0 Å². The van der Waals surface area contributed by atoms with E-state index in [4.69, 9.17) is 4.74 Å². The Morgan fingerprint density at radius 3 is 2.95 bits per heavy atom. The third-order valence-corrected chi connectivity index (χ3v) is 4.18. The predicted octanol–water partition coefficient (Wildman–Crippen LogP) is 3.73. The van der Waals surface area contributed by atoms with E-state index in [1.54, 1.807) is 0 Å². The van der Waals surface area contributed by atoms with Crippen LogP contribution in [0.25, 0.3) is 22.0 Å². The van der Waals surface area contributed by atoms with Gasteiger partial charge in [-0.15, -0.1) is 0 Å². The van der Waals surface area contributed by atoms with Gasteiger partial charge in [-0.3, -0.25) is 9.88 Å². The van der Waals surface area contributed by atoms with Crippen LogP contribution in [0.1, 0.15) is 5.56 Å². The summed E-state index contributed by atoms with van der Waals surface area (Å²) in [6.07, 6.45) is 1.88. The Morgan fingerprint density at radius 2 is 2.00 bits per heavy atom. The highest BCUT2D eigenvalue weighted by atomic mass is 16.5. The molecule has 0 saturated carbocycles. The monoisotopic (exact) mass is 290 g/mol. The zero-order chi connectivity index (χ0) is 14.9. The molecule has 0 aliphatic carbocycles. The average molecular weight is 290 g/mol. The summed E-state index contributed by atoms with van der Waals surface area (Å²) < 4.78 is 5.84. The highest BCUT2D eigenvalue weighted by Crippen LogP contribution is 2.31. The standard InChI is InChI=1S/C19H18N2O/c1-21-10-11-22-18-7-6-15(12-16(18)13-21)19-17-5-3-2-4-14(17)8-9-20-19/h2-9,12H,10-11,13H2,1H3. The zero-order valence-electron chi connectivity index (χ0n) is 12.6. The van der Waals surface area contributed by atoms with E-state index in [1.165, 1.54) is 16.3 Å². The van der Waals surface area contributed by atoms with Gasteiger partial charge in [0.2, 0.25) is 0 Å². The summed E-state index contributed by atoms with van der Waals surface area (Å²) in [4.78, 5) is 6.90. The molecule has 0 fully saturated rings. The highest BCUT2D eigenvalue weighted by Gasteiger charge is 2.14. The number of fused-ring (bicyclic) bond motifs is 2. The van der Waals surface area contributed by atoms with Crippen LogP contribution in [0.15, 0.2) is 54.7 Å². The van der Waals surface area contributed by atoms with Gasteiger partial charge in [-0.05, 0) is 36.7 Å². The molecule has 0 amide bonds. The molecule has 1 aromatic heterocycles. The number of hydrogen-bond donors (Lipinski definition) is 0. The first-order valence-electron chi connectivity index (χ1n) is 7.60. The maximum Gasteiger partial charge on any atom is 0.123 e. The molecular formula is C19H18N2O. The van der Waals surface area contributed by atoms with Gasteiger partial charge in [0.25, 0.3) is 0 Å². The highest BCUT2D eigenvalue weighted by molar-refractivity contribution is 5.94. The van der Waals surface area contributed by atoms with Crippen LogP contribution in [0, 0.1) is 0 Å². The minimum absolute atomic E-state index is 0.745. The SMILES string of the molecule is CN1CCOc2ccc(-c3nccc4ccccc34)cc2C1. The van der Waals surface area contributed by atoms with E-state index in [0.717, 1.165) is 36.7 Å². The van der Waals surface area contributed by atoms with Crippen LogP contribution in [0.3, 0.4) is 0 Å². The Morgan fingerprint density at radius 1 is 1.09 bits per heavy atom. The summed E-state index contributed by atoms with van der Waals surface area (Å²) in [5, 5.41) is 2.41. The minimum atomic E-state index is 0.745. The van der Waals surface area contributed by atoms with Gasteiger partial charge in [0, 0.05) is 35.8 Å². The molecule has 22 heavy (non-hydrogen) atoms. The quantitative estimate of drug-likeness (QED) is 0.683. The Bertz CT molecular complexity index is 823. The van der Waals surface area contributed by atoms with E-state index >= 15 is 0 Å². The summed E-state index contributed by atoms with van der Waals surface area (Å²) in [6, 6.07) is 16.8. The van der Waals surface area contributed by atoms with Gasteiger partial charge in [0.05, 0.1) is 5.69 Å². The smallest absolute Gasteiger partial charge is 0.123 e. The van der Waals surface area contributed by atoms with E-state index in [2.05, 4.69) is 65.5 Å². The average Bonchev–Trinajstić information content (AvgIpc) is 2.74. The fourth-order valence-electron chi connectivity index (χ4n) is 3.02. The molecule has 110 valence electrons. The van der Waals surface area contributed by atoms with E-state index in [9.17, 15) is 0 Å². The number of benzene rings is 2. The summed E-state index contributed by atoms with van der Waals surface area (Å²) in [6.45, 7) is 2.61. The van der Waals surface area contributed by atoms with E-state index in [-0.39, 0.29) is 0 Å². The molecule has 0 N–H and O–H groups in total. The lowest BCUT2D eigenvalue weighted by molar-refractivity contribution is 0.259. The molecule has 0 bridgehead atoms. The molecule has 0 atom stereocenters. The number of nitrogens with zero attached hydrogens (tertiary/aromatic N) is 2. The first-order chi connectivity index (χ1) is 10.8. The summed E-state index contributed by atoms with van der Waals surface area (Å²) >= 11 is 0. The van der Waals surface area contributed by atoms with Crippen molar-refractivity contribution in [1.29, 1.82) is 0 Å². The summed E-state index contributed by atoms with van der Waals surface area (Å²) in [5.41, 5.74) is 3.41. The zero-order valence-corrected chi connectivity index (χ0v) is 12.6. The topological polar surface area (TPSA) is 25.4 Å². The molecule has 3 heteroatoms. The first kappa shape index (κ1) is 13.3. The van der Waals surface area contributed by atoms with Crippen LogP contribution in [0.4, 0.5) is 0 Å². The summed E-state index contributed by atoms with van der Waals surface area (Å²) in [7, 11) is 2.13. The first-order valence-corrected chi connectivity index (χ1v) is 7.60. The lowest BCUT2D eigenvalue weighted by Gasteiger charge is -2.13. The van der Waals surface area contributed by atoms with Gasteiger partial charge >= 0.3 is 0 Å². The molecule has 2 aromatic carbocycles. The molecule has 3 aromatic rings. The van der Waals surface area contributed by atoms with Gasteiger partial charge in [0.1, 0.15) is 12.4 Å². The third-order valence-electron chi connectivity index (χ3n) is 4.18. The van der Waals surface area contributed by atoms with E-state index < -0.39 is 0 Å². The van der Waals surface area contributed by atoms with Crippen LogP contribution in [-0.4, -0.2) is 30.1 Å². The second kappa shape index (κ2) is 5.43. The van der Waals surface area contributed by atoms with Crippen molar-refractivity contribution in [3.05, 3.63) is 60.3 Å². The molecule has 0 unspecified atom stereocenters. The van der Waals surface area contributed by atoms with Crippen molar-refractivity contribution >= 4 is 10.8 Å². The molecular weight excluding hydrogens is 272 g/mol. The summed E-state index contributed by atoms with van der Waals surface area (Å²) in [5.74, 6) is 0.994. The largest absolute Gasteiger partial charge is 0.492 e.